The van der Waals surface area contributed by atoms with Crippen LogP contribution in [0.2, 0.25) is 0 Å². The Labute approximate surface area is 279 Å². The van der Waals surface area contributed by atoms with Crippen LogP contribution in [0.1, 0.15) is 81.1 Å². The van der Waals surface area contributed by atoms with Crippen molar-refractivity contribution in [2.24, 2.45) is 5.92 Å². The van der Waals surface area contributed by atoms with Gasteiger partial charge < -0.3 is 25.8 Å². The van der Waals surface area contributed by atoms with Crippen molar-refractivity contribution < 1.29 is 23.6 Å². The number of hydrogen-bond acceptors (Lipinski definition) is 7. The number of aromatic nitrogens is 1. The minimum absolute atomic E-state index is 0.0196. The molecule has 2 fully saturated rings. The molecule has 252 valence electrons. The van der Waals surface area contributed by atoms with Gasteiger partial charge in [-0.3, -0.25) is 24.2 Å². The van der Waals surface area contributed by atoms with Crippen molar-refractivity contribution >= 4 is 50.7 Å². The number of likely N-dealkylation sites (N-methyl/N-ethyl adjacent to an activating group) is 1. The van der Waals surface area contributed by atoms with Gasteiger partial charge in [-0.1, -0.05) is 39.2 Å². The molecule has 12 heteroatoms. The molecule has 2 aliphatic rings. The van der Waals surface area contributed by atoms with Gasteiger partial charge in [0.15, 0.2) is 0 Å². The summed E-state index contributed by atoms with van der Waals surface area (Å²) in [6.45, 7) is 7.82. The van der Waals surface area contributed by atoms with Gasteiger partial charge in [0.25, 0.3) is 5.91 Å². The Morgan fingerprint density at radius 3 is 2.49 bits per heavy atom. The lowest BCUT2D eigenvalue weighted by Crippen LogP contribution is -2.59. The Morgan fingerprint density at radius 1 is 1.09 bits per heavy atom. The summed E-state index contributed by atoms with van der Waals surface area (Å²) >= 11 is 1.41. The summed E-state index contributed by atoms with van der Waals surface area (Å²) in [6, 6.07) is 5.40. The first-order valence-electron chi connectivity index (χ1n) is 16.5. The normalized spacial score (nSPS) is 18.6. The molecule has 1 saturated heterocycles. The molecule has 3 heterocycles. The summed E-state index contributed by atoms with van der Waals surface area (Å²) in [5.41, 5.74) is -0.315. The fraction of sp³-hybridized carbons (Fsp3) is 0.514. The van der Waals surface area contributed by atoms with Crippen LogP contribution in [-0.2, 0) is 14.4 Å². The van der Waals surface area contributed by atoms with Crippen molar-refractivity contribution in [3.63, 3.8) is 0 Å². The summed E-state index contributed by atoms with van der Waals surface area (Å²) < 4.78 is 16.6. The first-order chi connectivity index (χ1) is 22.5. The number of carbonyl (C=O) groups is 4. The summed E-state index contributed by atoms with van der Waals surface area (Å²) in [5.74, 6) is -2.62. The molecule has 47 heavy (non-hydrogen) atoms. The number of halogens is 1. The number of amides is 4. The molecule has 0 radical (unpaired) electrons. The van der Waals surface area contributed by atoms with E-state index in [9.17, 15) is 19.2 Å². The van der Waals surface area contributed by atoms with E-state index >= 15 is 4.39 Å². The van der Waals surface area contributed by atoms with E-state index in [1.54, 1.807) is 55.6 Å². The first-order valence-corrected chi connectivity index (χ1v) is 17.4. The zero-order valence-corrected chi connectivity index (χ0v) is 28.4. The summed E-state index contributed by atoms with van der Waals surface area (Å²) in [7, 11) is 2.00. The highest BCUT2D eigenvalue weighted by atomic mass is 32.1. The Morgan fingerprint density at radius 2 is 1.81 bits per heavy atom. The highest BCUT2D eigenvalue weighted by Gasteiger charge is 2.43. The molecule has 5 rings (SSSR count). The number of fused-ring (bicyclic) bond motifs is 1. The van der Waals surface area contributed by atoms with Gasteiger partial charge in [0.2, 0.25) is 17.7 Å². The van der Waals surface area contributed by atoms with Crippen LogP contribution in [-0.4, -0.2) is 83.2 Å². The number of nitrogens with one attached hydrogen (secondary N) is 3. The molecule has 3 atom stereocenters. The molecule has 0 bridgehead atoms. The van der Waals surface area contributed by atoms with Crippen molar-refractivity contribution in [2.45, 2.75) is 76.8 Å². The molecule has 0 unspecified atom stereocenters. The zero-order valence-electron chi connectivity index (χ0n) is 27.6. The van der Waals surface area contributed by atoms with E-state index in [4.69, 9.17) is 0 Å². The van der Waals surface area contributed by atoms with Gasteiger partial charge in [0, 0.05) is 61.7 Å². The number of hydrogen-bond donors (Lipinski definition) is 3. The van der Waals surface area contributed by atoms with E-state index in [-0.39, 0.29) is 35.7 Å². The van der Waals surface area contributed by atoms with Gasteiger partial charge in [0.05, 0.1) is 16.0 Å². The smallest absolute Gasteiger partial charge is 0.253 e. The topological polar surface area (TPSA) is 124 Å². The largest absolute Gasteiger partial charge is 0.344 e. The third-order valence-corrected chi connectivity index (χ3v) is 10.8. The van der Waals surface area contributed by atoms with Gasteiger partial charge >= 0.3 is 0 Å². The lowest BCUT2D eigenvalue weighted by molar-refractivity contribution is -0.138. The van der Waals surface area contributed by atoms with E-state index in [0.717, 1.165) is 55.3 Å². The fourth-order valence-electron chi connectivity index (χ4n) is 6.65. The van der Waals surface area contributed by atoms with Crippen LogP contribution < -0.4 is 16.0 Å². The predicted octanol–water partition coefficient (Wildman–Crippen LogP) is 4.92. The molecular weight excluding hydrogens is 619 g/mol. The number of thiophene rings is 1. The number of benzene rings is 1. The molecule has 1 saturated carbocycles. The Kier molecular flexibility index (Phi) is 10.9. The number of piperazine rings is 1. The number of nitrogens with zero attached hydrogens (tertiary/aromatic N) is 3. The second-order valence-corrected chi connectivity index (χ2v) is 13.9. The van der Waals surface area contributed by atoms with Crippen molar-refractivity contribution in [2.75, 3.05) is 38.5 Å². The minimum Gasteiger partial charge on any atom is -0.344 e. The molecule has 1 aliphatic carbocycles. The van der Waals surface area contributed by atoms with Gasteiger partial charge in [-0.15, -0.1) is 11.3 Å². The average Bonchev–Trinajstić information content (AvgIpc) is 3.52. The minimum atomic E-state index is -1.29. The summed E-state index contributed by atoms with van der Waals surface area (Å²) in [5, 5.41) is 11.2. The van der Waals surface area contributed by atoms with Crippen LogP contribution in [0.5, 0.6) is 0 Å². The zero-order chi connectivity index (χ0) is 33.7. The van der Waals surface area contributed by atoms with E-state index in [1.165, 1.54) is 23.5 Å². The maximum Gasteiger partial charge on any atom is 0.253 e. The van der Waals surface area contributed by atoms with Crippen molar-refractivity contribution in [1.82, 2.24) is 25.4 Å². The first kappa shape index (κ1) is 34.4. The van der Waals surface area contributed by atoms with E-state index < -0.39 is 29.2 Å². The highest BCUT2D eigenvalue weighted by molar-refractivity contribution is 7.17. The SMILES string of the molecule is CCC(=O)N[C@@H](C(=O)N1CCN(C)CC1)[C@@H](C)c1ccc(NC(=O)[C@](C)(NC(=O)c2csc3cnccc23)C2CCCCC2)c(F)c1. The molecule has 3 N–H and O–H groups in total. The van der Waals surface area contributed by atoms with Crippen molar-refractivity contribution in [1.29, 1.82) is 0 Å². The fourth-order valence-corrected chi connectivity index (χ4v) is 7.55. The molecule has 3 aromatic rings. The van der Waals surface area contributed by atoms with Crippen LogP contribution in [0.3, 0.4) is 0 Å². The van der Waals surface area contributed by atoms with Crippen LogP contribution in [0, 0.1) is 11.7 Å². The second-order valence-electron chi connectivity index (χ2n) is 13.0. The van der Waals surface area contributed by atoms with Crippen LogP contribution in [0.4, 0.5) is 10.1 Å². The van der Waals surface area contributed by atoms with E-state index in [0.29, 0.717) is 24.2 Å². The molecular formula is C35H45FN6O4S. The van der Waals surface area contributed by atoms with Crippen LogP contribution in [0.15, 0.2) is 42.0 Å². The summed E-state index contributed by atoms with van der Waals surface area (Å²) in [4.78, 5) is 61.7. The van der Waals surface area contributed by atoms with Gasteiger partial charge in [0.1, 0.15) is 17.4 Å². The quantitative estimate of drug-likeness (QED) is 0.283. The monoisotopic (exact) mass is 664 g/mol. The van der Waals surface area contributed by atoms with E-state index in [2.05, 4.69) is 25.8 Å². The maximum absolute atomic E-state index is 15.8. The van der Waals surface area contributed by atoms with Crippen molar-refractivity contribution in [3.8, 4) is 0 Å². The number of rotatable bonds is 10. The van der Waals surface area contributed by atoms with Crippen LogP contribution in [0.25, 0.3) is 10.1 Å². The Bertz CT molecular complexity index is 1620. The second kappa shape index (κ2) is 14.9. The molecule has 2 aromatic heterocycles. The maximum atomic E-state index is 15.8. The third-order valence-electron chi connectivity index (χ3n) is 9.88. The number of anilines is 1. The Balaban J connectivity index is 1.36. The lowest BCUT2D eigenvalue weighted by atomic mass is 9.74. The number of pyridine rings is 1. The molecule has 1 aliphatic heterocycles. The summed E-state index contributed by atoms with van der Waals surface area (Å²) in [6.07, 6.45) is 8.05. The van der Waals surface area contributed by atoms with Crippen molar-refractivity contribution in [3.05, 3.63) is 59.0 Å². The average molecular weight is 665 g/mol. The Hall–Kier alpha value is -3.90. The predicted molar refractivity (Wildman–Crippen MR) is 182 cm³/mol. The molecule has 4 amide bonds. The van der Waals surface area contributed by atoms with Gasteiger partial charge in [-0.05, 0) is 56.5 Å². The van der Waals surface area contributed by atoms with Gasteiger partial charge in [-0.2, -0.15) is 0 Å². The molecule has 1 aromatic carbocycles. The van der Waals surface area contributed by atoms with E-state index in [1.807, 2.05) is 7.05 Å². The lowest BCUT2D eigenvalue weighted by Gasteiger charge is -2.39. The van der Waals surface area contributed by atoms with Gasteiger partial charge in [-0.25, -0.2) is 4.39 Å². The number of carbonyl (C=O) groups excluding carboxylic acids is 4. The highest BCUT2D eigenvalue weighted by Crippen LogP contribution is 2.35. The molecule has 0 spiro atoms. The third kappa shape index (κ3) is 7.65. The molecule has 10 nitrogen and oxygen atoms in total. The van der Waals surface area contributed by atoms with Crippen LogP contribution >= 0.6 is 11.3 Å². The standard InChI is InChI=1S/C35H45FN6O4S/c1-5-30(43)39-31(33(45)42-17-15-41(4)16-18-42)22(2)23-11-12-28(27(36)19-23)38-34(46)35(3,24-9-7-6-8-10-24)40-32(44)26-21-47-29-20-37-14-13-25(26)29/h11-14,19-22,24,31H,5-10,15-18H2,1-4H3,(H,38,46)(H,39,43)(H,40,44)/t22-,31+,35+/m0/s1.